The second kappa shape index (κ2) is 6.64. The number of nitrogens with one attached hydrogen (secondary N) is 1. The van der Waals surface area contributed by atoms with Gasteiger partial charge in [-0.1, -0.05) is 13.8 Å². The number of hydrogen-bond acceptors (Lipinski definition) is 4. The smallest absolute Gasteiger partial charge is 0.325 e. The lowest BCUT2D eigenvalue weighted by atomic mass is 9.87. The van der Waals surface area contributed by atoms with Gasteiger partial charge in [0.15, 0.2) is 0 Å². The highest BCUT2D eigenvalue weighted by Crippen LogP contribution is 2.29. The van der Waals surface area contributed by atoms with E-state index in [2.05, 4.69) is 24.1 Å². The van der Waals surface area contributed by atoms with Crippen molar-refractivity contribution in [2.45, 2.75) is 45.1 Å². The van der Waals surface area contributed by atoms with Crippen molar-refractivity contribution in [1.29, 1.82) is 0 Å². The van der Waals surface area contributed by atoms with Crippen molar-refractivity contribution >= 4 is 17.9 Å². The lowest BCUT2D eigenvalue weighted by Crippen LogP contribution is -2.55. The number of amides is 3. The van der Waals surface area contributed by atoms with Crippen molar-refractivity contribution in [3.63, 3.8) is 0 Å². The number of carboxylic acid groups (broad SMARTS) is 1. The van der Waals surface area contributed by atoms with Crippen LogP contribution in [0.3, 0.4) is 0 Å². The molecule has 0 aliphatic carbocycles. The third kappa shape index (κ3) is 3.58. The van der Waals surface area contributed by atoms with E-state index >= 15 is 0 Å². The number of imide groups is 1. The lowest BCUT2D eigenvalue weighted by Gasteiger charge is -2.37. The largest absolute Gasteiger partial charge is 0.481 e. The molecule has 0 aromatic carbocycles. The Bertz CT molecular complexity index is 456. The molecule has 0 atom stereocenters. The minimum absolute atomic E-state index is 0.0567. The van der Waals surface area contributed by atoms with Crippen LogP contribution in [0.15, 0.2) is 0 Å². The molecule has 2 heterocycles. The first kappa shape index (κ1) is 16.7. The Balaban J connectivity index is 1.92. The fourth-order valence-electron chi connectivity index (χ4n) is 3.02. The molecule has 0 saturated carbocycles. The molecule has 124 valence electrons. The number of nitrogens with zero attached hydrogens (tertiary/aromatic N) is 2. The first-order valence-corrected chi connectivity index (χ1v) is 7.92. The molecule has 0 aromatic heterocycles. The molecule has 2 aliphatic rings. The second-order valence-electron chi connectivity index (χ2n) is 6.64. The highest BCUT2D eigenvalue weighted by molar-refractivity contribution is 6.07. The normalized spacial score (nSPS) is 21.7. The molecule has 7 heteroatoms. The Kier molecular flexibility index (Phi) is 5.05. The van der Waals surface area contributed by atoms with Crippen molar-refractivity contribution in [1.82, 2.24) is 15.1 Å². The van der Waals surface area contributed by atoms with Gasteiger partial charge in [-0.25, -0.2) is 4.79 Å². The van der Waals surface area contributed by atoms with Crippen LogP contribution >= 0.6 is 0 Å². The molecule has 7 nitrogen and oxygen atoms in total. The van der Waals surface area contributed by atoms with Gasteiger partial charge in [0.05, 0.1) is 6.42 Å². The van der Waals surface area contributed by atoms with E-state index in [0.29, 0.717) is 18.8 Å². The number of hydrogen-bond donors (Lipinski definition) is 2. The maximum Gasteiger partial charge on any atom is 0.325 e. The van der Waals surface area contributed by atoms with Crippen LogP contribution in [0.25, 0.3) is 0 Å². The van der Waals surface area contributed by atoms with Crippen LogP contribution in [0.5, 0.6) is 0 Å². The number of carbonyl (C=O) groups excluding carboxylic acids is 2. The van der Waals surface area contributed by atoms with Gasteiger partial charge < -0.3 is 15.3 Å². The Hall–Kier alpha value is -1.63. The molecule has 0 aromatic rings. The number of urea groups is 1. The van der Waals surface area contributed by atoms with E-state index in [1.807, 2.05) is 0 Å². The summed E-state index contributed by atoms with van der Waals surface area (Å²) in [5, 5.41) is 11.5. The molecule has 2 aliphatic heterocycles. The standard InChI is InChI=1S/C15H25N3O4/c1-11(2)3-7-17-9-5-15(6-10-17)13(21)18(14(22)16-15)8-4-12(19)20/h11H,3-10H2,1-2H3,(H,16,22)(H,19,20). The first-order valence-electron chi connectivity index (χ1n) is 7.92. The van der Waals surface area contributed by atoms with Crippen LogP contribution in [0, 0.1) is 5.92 Å². The number of piperidine rings is 1. The molecule has 3 amide bonds. The number of carboxylic acids is 1. The lowest BCUT2D eigenvalue weighted by molar-refractivity contribution is -0.138. The zero-order valence-corrected chi connectivity index (χ0v) is 13.3. The summed E-state index contributed by atoms with van der Waals surface area (Å²) in [4.78, 5) is 38.5. The Morgan fingerprint density at radius 3 is 2.45 bits per heavy atom. The summed E-state index contributed by atoms with van der Waals surface area (Å²) in [6.45, 7) is 6.90. The highest BCUT2D eigenvalue weighted by atomic mass is 16.4. The molecule has 0 unspecified atom stereocenters. The van der Waals surface area contributed by atoms with Gasteiger partial charge >= 0.3 is 12.0 Å². The highest BCUT2D eigenvalue weighted by Gasteiger charge is 2.52. The van der Waals surface area contributed by atoms with Crippen LogP contribution in [0.1, 0.15) is 39.5 Å². The van der Waals surface area contributed by atoms with Gasteiger partial charge in [-0.2, -0.15) is 0 Å². The monoisotopic (exact) mass is 311 g/mol. The third-order valence-electron chi connectivity index (χ3n) is 4.53. The van der Waals surface area contributed by atoms with Gasteiger partial charge in [-0.3, -0.25) is 14.5 Å². The van der Waals surface area contributed by atoms with Gasteiger partial charge in [0.25, 0.3) is 5.91 Å². The average molecular weight is 311 g/mol. The minimum atomic E-state index is -1.01. The SMILES string of the molecule is CC(C)CCN1CCC2(CC1)NC(=O)N(CCC(=O)O)C2=O. The average Bonchev–Trinajstić information content (AvgIpc) is 2.67. The molecule has 22 heavy (non-hydrogen) atoms. The fourth-order valence-corrected chi connectivity index (χ4v) is 3.02. The van der Waals surface area contributed by atoms with Crippen molar-refractivity contribution in [3.8, 4) is 0 Å². The first-order chi connectivity index (χ1) is 10.3. The van der Waals surface area contributed by atoms with E-state index in [9.17, 15) is 14.4 Å². The van der Waals surface area contributed by atoms with Gasteiger partial charge in [0, 0.05) is 19.6 Å². The predicted molar refractivity (Wildman–Crippen MR) is 80.4 cm³/mol. The molecular formula is C15H25N3O4. The van der Waals surface area contributed by atoms with E-state index in [0.717, 1.165) is 31.0 Å². The molecule has 0 radical (unpaired) electrons. The van der Waals surface area contributed by atoms with Gasteiger partial charge in [0.1, 0.15) is 5.54 Å². The van der Waals surface area contributed by atoms with Crippen LogP contribution in [-0.2, 0) is 9.59 Å². The van der Waals surface area contributed by atoms with Crippen molar-refractivity contribution in [3.05, 3.63) is 0 Å². The molecule has 2 rings (SSSR count). The van der Waals surface area contributed by atoms with Crippen molar-refractivity contribution < 1.29 is 19.5 Å². The van der Waals surface area contributed by atoms with Gasteiger partial charge in [0.2, 0.25) is 0 Å². The topological polar surface area (TPSA) is 90.0 Å². The summed E-state index contributed by atoms with van der Waals surface area (Å²) >= 11 is 0. The molecule has 2 fully saturated rings. The van der Waals surface area contributed by atoms with Gasteiger partial charge in [-0.05, 0) is 31.7 Å². The van der Waals surface area contributed by atoms with Crippen molar-refractivity contribution in [2.24, 2.45) is 5.92 Å². The van der Waals surface area contributed by atoms with E-state index < -0.39 is 17.5 Å². The number of carbonyl (C=O) groups is 3. The molecule has 1 spiro atoms. The van der Waals surface area contributed by atoms with Crippen molar-refractivity contribution in [2.75, 3.05) is 26.2 Å². The minimum Gasteiger partial charge on any atom is -0.481 e. The summed E-state index contributed by atoms with van der Waals surface area (Å²) in [6, 6.07) is -0.457. The Morgan fingerprint density at radius 2 is 1.91 bits per heavy atom. The zero-order valence-electron chi connectivity index (χ0n) is 13.3. The van der Waals surface area contributed by atoms with Crippen LogP contribution in [0.2, 0.25) is 0 Å². The Morgan fingerprint density at radius 1 is 1.27 bits per heavy atom. The molecule has 0 bridgehead atoms. The summed E-state index contributed by atoms with van der Waals surface area (Å²) < 4.78 is 0. The molecule has 2 saturated heterocycles. The third-order valence-corrected chi connectivity index (χ3v) is 4.53. The van der Waals surface area contributed by atoms with E-state index in [1.54, 1.807) is 0 Å². The maximum absolute atomic E-state index is 12.5. The summed E-state index contributed by atoms with van der Waals surface area (Å²) in [5.74, 6) is -0.623. The fraction of sp³-hybridized carbons (Fsp3) is 0.800. The van der Waals surface area contributed by atoms with E-state index in [4.69, 9.17) is 5.11 Å². The summed E-state index contributed by atoms with van der Waals surface area (Å²) in [7, 11) is 0. The predicted octanol–water partition coefficient (Wildman–Crippen LogP) is 0.894. The molecule has 2 N–H and O–H groups in total. The number of aliphatic carboxylic acids is 1. The van der Waals surface area contributed by atoms with E-state index in [1.165, 1.54) is 0 Å². The maximum atomic E-state index is 12.5. The van der Waals surface area contributed by atoms with Gasteiger partial charge in [-0.15, -0.1) is 0 Å². The number of likely N-dealkylation sites (tertiary alicyclic amines) is 1. The van der Waals surface area contributed by atoms with Crippen LogP contribution < -0.4 is 5.32 Å². The van der Waals surface area contributed by atoms with Crippen LogP contribution in [0.4, 0.5) is 4.79 Å². The van der Waals surface area contributed by atoms with E-state index in [-0.39, 0.29) is 18.9 Å². The zero-order chi connectivity index (χ0) is 16.3. The molecular weight excluding hydrogens is 286 g/mol. The quantitative estimate of drug-likeness (QED) is 0.711. The number of rotatable bonds is 6. The van der Waals surface area contributed by atoms with Crippen LogP contribution in [-0.4, -0.2) is 64.5 Å². The summed E-state index contributed by atoms with van der Waals surface area (Å²) in [6.07, 6.45) is 2.10. The Labute approximate surface area is 130 Å². The second-order valence-corrected chi connectivity index (χ2v) is 6.64. The summed E-state index contributed by atoms with van der Waals surface area (Å²) in [5.41, 5.74) is -0.816.